The number of carbonyl (C=O) groups is 2. The van der Waals surface area contributed by atoms with E-state index in [-0.39, 0.29) is 23.3 Å². The number of hydrogen-bond donors (Lipinski definition) is 1. The molecule has 1 heterocycles. The number of hydrogen-bond acceptors (Lipinski definition) is 4. The second kappa shape index (κ2) is 9.52. The molecular formula is C21H18ClFN2O2S2. The topological polar surface area (TPSA) is 49.4 Å². The van der Waals surface area contributed by atoms with Crippen molar-refractivity contribution in [2.75, 3.05) is 11.9 Å². The molecule has 1 saturated heterocycles. The van der Waals surface area contributed by atoms with Crippen LogP contribution in [0.3, 0.4) is 0 Å². The van der Waals surface area contributed by atoms with Crippen LogP contribution in [0.25, 0.3) is 6.08 Å². The molecule has 2 aromatic rings. The summed E-state index contributed by atoms with van der Waals surface area (Å²) < 4.78 is 13.7. The number of carbonyl (C=O) groups excluding carboxylic acids is 2. The van der Waals surface area contributed by atoms with Gasteiger partial charge in [0.05, 0.1) is 9.93 Å². The molecule has 1 N–H and O–H groups in total. The molecule has 0 spiro atoms. The first-order valence-electron chi connectivity index (χ1n) is 8.90. The largest absolute Gasteiger partial charge is 0.326 e. The second-order valence-electron chi connectivity index (χ2n) is 6.52. The minimum absolute atomic E-state index is 0.0549. The van der Waals surface area contributed by atoms with E-state index in [0.717, 1.165) is 11.1 Å². The Hall–Kier alpha value is -2.22. The zero-order valence-corrected chi connectivity index (χ0v) is 18.0. The van der Waals surface area contributed by atoms with Crippen molar-refractivity contribution < 1.29 is 14.0 Å². The van der Waals surface area contributed by atoms with Gasteiger partial charge in [-0.2, -0.15) is 0 Å². The Labute approximate surface area is 183 Å². The number of halogens is 2. The molecule has 0 radical (unpaired) electrons. The molecule has 0 saturated carbocycles. The molecule has 0 bridgehead atoms. The van der Waals surface area contributed by atoms with Crippen molar-refractivity contribution in [2.45, 2.75) is 19.8 Å². The monoisotopic (exact) mass is 448 g/mol. The summed E-state index contributed by atoms with van der Waals surface area (Å²) in [5.41, 5.74) is 2.51. The number of nitrogens with zero attached hydrogens (tertiary/aromatic N) is 1. The molecule has 1 fully saturated rings. The maximum Gasteiger partial charge on any atom is 0.266 e. The predicted octanol–water partition coefficient (Wildman–Crippen LogP) is 5.41. The smallest absolute Gasteiger partial charge is 0.266 e. The standard InChI is InChI=1S/C21H18ClFN2O2S2/c1-13-4-6-14(7-5-13)11-18-20(27)25(21(28)29-18)10-2-3-19(26)24-15-8-9-17(23)16(22)12-15/h4-9,11-12H,2-3,10H2,1H3,(H,24,26). The zero-order chi connectivity index (χ0) is 21.0. The number of thioether (sulfide) groups is 1. The van der Waals surface area contributed by atoms with E-state index in [0.29, 0.717) is 27.9 Å². The molecule has 29 heavy (non-hydrogen) atoms. The third-order valence-corrected chi connectivity index (χ3v) is 5.91. The van der Waals surface area contributed by atoms with Crippen molar-refractivity contribution in [3.8, 4) is 0 Å². The highest BCUT2D eigenvalue weighted by Crippen LogP contribution is 2.32. The molecule has 8 heteroatoms. The summed E-state index contributed by atoms with van der Waals surface area (Å²) in [5, 5.41) is 2.61. The molecule has 1 aliphatic rings. The lowest BCUT2D eigenvalue weighted by Gasteiger charge is -2.14. The van der Waals surface area contributed by atoms with E-state index in [4.69, 9.17) is 23.8 Å². The summed E-state index contributed by atoms with van der Waals surface area (Å²) in [5.74, 6) is -0.933. The third-order valence-electron chi connectivity index (χ3n) is 4.24. The minimum Gasteiger partial charge on any atom is -0.326 e. The number of nitrogens with one attached hydrogen (secondary N) is 1. The Morgan fingerprint density at radius 1 is 1.28 bits per heavy atom. The molecule has 0 aromatic heterocycles. The molecule has 0 atom stereocenters. The van der Waals surface area contributed by atoms with Crippen LogP contribution in [0.4, 0.5) is 10.1 Å². The minimum atomic E-state index is -0.544. The molecular weight excluding hydrogens is 431 g/mol. The van der Waals surface area contributed by atoms with E-state index in [1.54, 1.807) is 0 Å². The fourth-order valence-electron chi connectivity index (χ4n) is 2.70. The van der Waals surface area contributed by atoms with Crippen LogP contribution >= 0.6 is 35.6 Å². The summed E-state index contributed by atoms with van der Waals surface area (Å²) in [6.45, 7) is 2.36. The second-order valence-corrected chi connectivity index (χ2v) is 8.61. The van der Waals surface area contributed by atoms with Crippen LogP contribution < -0.4 is 5.32 Å². The third kappa shape index (κ3) is 5.65. The van der Waals surface area contributed by atoms with Crippen LogP contribution in [-0.2, 0) is 9.59 Å². The molecule has 4 nitrogen and oxygen atoms in total. The van der Waals surface area contributed by atoms with Gasteiger partial charge in [-0.3, -0.25) is 14.5 Å². The number of thiocarbonyl (C=S) groups is 1. The summed E-state index contributed by atoms with van der Waals surface area (Å²) in [7, 11) is 0. The summed E-state index contributed by atoms with van der Waals surface area (Å²) >= 11 is 12.3. The normalized spacial score (nSPS) is 15.3. The molecule has 0 unspecified atom stereocenters. The van der Waals surface area contributed by atoms with Crippen molar-refractivity contribution in [3.05, 3.63) is 69.3 Å². The van der Waals surface area contributed by atoms with Crippen LogP contribution in [0.2, 0.25) is 5.02 Å². The molecule has 2 amide bonds. The average molecular weight is 449 g/mol. The predicted molar refractivity (Wildman–Crippen MR) is 120 cm³/mol. The maximum atomic E-state index is 13.2. The van der Waals surface area contributed by atoms with Gasteiger partial charge in [0.25, 0.3) is 5.91 Å². The average Bonchev–Trinajstić information content (AvgIpc) is 2.94. The summed E-state index contributed by atoms with van der Waals surface area (Å²) in [4.78, 5) is 26.8. The maximum absolute atomic E-state index is 13.2. The van der Waals surface area contributed by atoms with E-state index in [2.05, 4.69) is 5.32 Å². The van der Waals surface area contributed by atoms with Gasteiger partial charge in [-0.1, -0.05) is 65.4 Å². The number of amides is 2. The van der Waals surface area contributed by atoms with Crippen molar-refractivity contribution in [1.82, 2.24) is 4.90 Å². The number of anilines is 1. The van der Waals surface area contributed by atoms with Crippen molar-refractivity contribution >= 4 is 63.5 Å². The zero-order valence-electron chi connectivity index (χ0n) is 15.6. The van der Waals surface area contributed by atoms with Crippen LogP contribution in [0.15, 0.2) is 47.4 Å². The van der Waals surface area contributed by atoms with Crippen LogP contribution in [0.1, 0.15) is 24.0 Å². The first-order valence-corrected chi connectivity index (χ1v) is 10.5. The highest BCUT2D eigenvalue weighted by Gasteiger charge is 2.31. The molecule has 1 aliphatic heterocycles. The fraction of sp³-hybridized carbons (Fsp3) is 0.190. The lowest BCUT2D eigenvalue weighted by molar-refractivity contribution is -0.122. The van der Waals surface area contributed by atoms with Gasteiger partial charge >= 0.3 is 0 Å². The van der Waals surface area contributed by atoms with Gasteiger partial charge in [-0.05, 0) is 43.2 Å². The van der Waals surface area contributed by atoms with E-state index in [9.17, 15) is 14.0 Å². The summed E-state index contributed by atoms with van der Waals surface area (Å²) in [6, 6.07) is 11.9. The van der Waals surface area contributed by atoms with Crippen molar-refractivity contribution in [3.63, 3.8) is 0 Å². The first kappa shape index (κ1) is 21.5. The molecule has 0 aliphatic carbocycles. The van der Waals surface area contributed by atoms with Crippen molar-refractivity contribution in [1.29, 1.82) is 0 Å². The van der Waals surface area contributed by atoms with Gasteiger partial charge in [0, 0.05) is 18.7 Å². The van der Waals surface area contributed by atoms with Gasteiger partial charge in [0.2, 0.25) is 5.91 Å². The van der Waals surface area contributed by atoms with E-state index in [1.165, 1.54) is 34.9 Å². The number of benzene rings is 2. The number of rotatable bonds is 6. The van der Waals surface area contributed by atoms with Gasteiger partial charge in [0.1, 0.15) is 10.1 Å². The molecule has 2 aromatic carbocycles. The van der Waals surface area contributed by atoms with E-state index < -0.39 is 5.82 Å². The highest BCUT2D eigenvalue weighted by atomic mass is 35.5. The number of aryl methyl sites for hydroxylation is 1. The Kier molecular flexibility index (Phi) is 7.05. The Balaban J connectivity index is 1.53. The molecule has 3 rings (SSSR count). The SMILES string of the molecule is Cc1ccc(C=C2SC(=S)N(CCCC(=O)Nc3ccc(F)c(Cl)c3)C2=O)cc1. The van der Waals surface area contributed by atoms with E-state index >= 15 is 0 Å². The fourth-order valence-corrected chi connectivity index (χ4v) is 4.19. The quantitative estimate of drug-likeness (QED) is 0.474. The lowest BCUT2D eigenvalue weighted by atomic mass is 10.1. The Bertz CT molecular complexity index is 993. The highest BCUT2D eigenvalue weighted by molar-refractivity contribution is 8.26. The van der Waals surface area contributed by atoms with Crippen LogP contribution in [0, 0.1) is 12.7 Å². The molecule has 150 valence electrons. The van der Waals surface area contributed by atoms with E-state index in [1.807, 2.05) is 37.3 Å². The Morgan fingerprint density at radius 3 is 2.69 bits per heavy atom. The van der Waals surface area contributed by atoms with Gasteiger partial charge in [-0.15, -0.1) is 0 Å². The van der Waals surface area contributed by atoms with Crippen molar-refractivity contribution in [2.24, 2.45) is 0 Å². The summed E-state index contributed by atoms with van der Waals surface area (Å²) in [6.07, 6.45) is 2.47. The van der Waals surface area contributed by atoms with Crippen LogP contribution in [0.5, 0.6) is 0 Å². The van der Waals surface area contributed by atoms with Gasteiger partial charge in [0.15, 0.2) is 0 Å². The van der Waals surface area contributed by atoms with Gasteiger partial charge < -0.3 is 5.32 Å². The Morgan fingerprint density at radius 2 is 2.00 bits per heavy atom. The first-order chi connectivity index (χ1) is 13.8. The lowest BCUT2D eigenvalue weighted by Crippen LogP contribution is -2.29. The van der Waals surface area contributed by atoms with Crippen LogP contribution in [-0.4, -0.2) is 27.6 Å². The van der Waals surface area contributed by atoms with Gasteiger partial charge in [-0.25, -0.2) is 4.39 Å².